The molecule has 0 saturated carbocycles. The molecule has 2 saturated heterocycles. The van der Waals surface area contributed by atoms with Crippen molar-refractivity contribution in [1.29, 1.82) is 0 Å². The third-order valence-corrected chi connectivity index (χ3v) is 4.28. The lowest BCUT2D eigenvalue weighted by molar-refractivity contribution is 0.0215. The summed E-state index contributed by atoms with van der Waals surface area (Å²) in [6.07, 6.45) is 0.827. The molecule has 2 heterocycles. The molecule has 2 atom stereocenters. The summed E-state index contributed by atoms with van der Waals surface area (Å²) in [5, 5.41) is 0.749. The normalized spacial score (nSPS) is 24.6. The molecule has 114 valence electrons. The number of ether oxygens (including phenoxy) is 1. The fraction of sp³-hybridized carbons (Fsp3) is 0.562. The van der Waals surface area contributed by atoms with Crippen LogP contribution in [0.1, 0.15) is 27.2 Å². The van der Waals surface area contributed by atoms with Crippen molar-refractivity contribution in [2.75, 3.05) is 18.0 Å². The zero-order chi connectivity index (χ0) is 15.2. The maximum Gasteiger partial charge on any atom is 0.410 e. The van der Waals surface area contributed by atoms with Gasteiger partial charge in [0, 0.05) is 29.8 Å². The van der Waals surface area contributed by atoms with Crippen molar-refractivity contribution in [1.82, 2.24) is 4.90 Å². The molecule has 1 aromatic carbocycles. The first-order chi connectivity index (χ1) is 9.83. The molecule has 1 aromatic rings. The van der Waals surface area contributed by atoms with Gasteiger partial charge in [-0.05, 0) is 51.5 Å². The van der Waals surface area contributed by atoms with E-state index < -0.39 is 5.60 Å². The average molecular weight is 309 g/mol. The summed E-state index contributed by atoms with van der Waals surface area (Å²) in [6, 6.07) is 8.54. The minimum atomic E-state index is -0.436. The van der Waals surface area contributed by atoms with Crippen LogP contribution in [0.2, 0.25) is 5.02 Å². The number of carbonyl (C=O) groups excluding carboxylic acids is 1. The van der Waals surface area contributed by atoms with Crippen LogP contribution in [0.3, 0.4) is 0 Å². The Labute approximate surface area is 130 Å². The Balaban J connectivity index is 1.66. The summed E-state index contributed by atoms with van der Waals surface area (Å²) in [7, 11) is 0. The van der Waals surface area contributed by atoms with Crippen LogP contribution in [0.25, 0.3) is 0 Å². The van der Waals surface area contributed by atoms with Gasteiger partial charge in [0.1, 0.15) is 5.60 Å². The van der Waals surface area contributed by atoms with Crippen LogP contribution in [0.4, 0.5) is 10.5 Å². The van der Waals surface area contributed by atoms with Crippen LogP contribution < -0.4 is 4.90 Å². The fourth-order valence-corrected chi connectivity index (χ4v) is 3.29. The highest BCUT2D eigenvalue weighted by Gasteiger charge is 2.46. The van der Waals surface area contributed by atoms with Gasteiger partial charge in [-0.3, -0.25) is 0 Å². The quantitative estimate of drug-likeness (QED) is 0.795. The number of benzene rings is 1. The lowest BCUT2D eigenvalue weighted by Gasteiger charge is -2.36. The third kappa shape index (κ3) is 2.95. The maximum absolute atomic E-state index is 12.2. The van der Waals surface area contributed by atoms with Gasteiger partial charge in [0.2, 0.25) is 0 Å². The van der Waals surface area contributed by atoms with E-state index in [-0.39, 0.29) is 12.1 Å². The largest absolute Gasteiger partial charge is 0.444 e. The van der Waals surface area contributed by atoms with Crippen molar-refractivity contribution < 1.29 is 9.53 Å². The lowest BCUT2D eigenvalue weighted by Crippen LogP contribution is -2.50. The van der Waals surface area contributed by atoms with Crippen LogP contribution in [0.15, 0.2) is 24.3 Å². The molecule has 3 rings (SSSR count). The molecule has 0 radical (unpaired) electrons. The molecule has 0 aromatic heterocycles. The molecule has 4 nitrogen and oxygen atoms in total. The highest BCUT2D eigenvalue weighted by atomic mass is 35.5. The number of likely N-dealkylation sites (tertiary alicyclic amines) is 1. The predicted molar refractivity (Wildman–Crippen MR) is 83.9 cm³/mol. The summed E-state index contributed by atoms with van der Waals surface area (Å²) >= 11 is 5.94. The van der Waals surface area contributed by atoms with Crippen molar-refractivity contribution in [2.24, 2.45) is 0 Å². The van der Waals surface area contributed by atoms with Gasteiger partial charge in [0.15, 0.2) is 0 Å². The van der Waals surface area contributed by atoms with Crippen molar-refractivity contribution in [3.8, 4) is 0 Å². The van der Waals surface area contributed by atoms with Crippen molar-refractivity contribution in [2.45, 2.75) is 44.9 Å². The van der Waals surface area contributed by atoms with Crippen molar-refractivity contribution in [3.05, 3.63) is 29.3 Å². The molecule has 2 fully saturated rings. The van der Waals surface area contributed by atoms with E-state index in [4.69, 9.17) is 16.3 Å². The first-order valence-corrected chi connectivity index (χ1v) is 7.73. The zero-order valence-corrected chi connectivity index (χ0v) is 13.4. The summed E-state index contributed by atoms with van der Waals surface area (Å²) in [5.74, 6) is 0. The highest BCUT2D eigenvalue weighted by Crippen LogP contribution is 2.35. The second-order valence-corrected chi connectivity index (χ2v) is 7.24. The highest BCUT2D eigenvalue weighted by molar-refractivity contribution is 6.30. The van der Waals surface area contributed by atoms with E-state index in [9.17, 15) is 4.79 Å². The van der Waals surface area contributed by atoms with Gasteiger partial charge in [-0.2, -0.15) is 0 Å². The molecule has 21 heavy (non-hydrogen) atoms. The van der Waals surface area contributed by atoms with Crippen LogP contribution >= 0.6 is 11.6 Å². The Morgan fingerprint density at radius 2 is 1.86 bits per heavy atom. The standard InChI is InChI=1S/C16H21ClN2O2/c1-16(2,3)21-15(20)19-10-13-8-14(19)9-18(13)12-6-4-11(17)5-7-12/h4-7,13-14H,8-10H2,1-3H3/t13-,14-/m0/s1. The third-order valence-electron chi connectivity index (χ3n) is 4.03. The zero-order valence-electron chi connectivity index (χ0n) is 12.7. The van der Waals surface area contributed by atoms with Gasteiger partial charge in [0.25, 0.3) is 0 Å². The summed E-state index contributed by atoms with van der Waals surface area (Å²) in [6.45, 7) is 7.31. The summed E-state index contributed by atoms with van der Waals surface area (Å²) < 4.78 is 5.48. The second kappa shape index (κ2) is 5.09. The number of nitrogens with zero attached hydrogens (tertiary/aromatic N) is 2. The van der Waals surface area contributed by atoms with Gasteiger partial charge in [-0.1, -0.05) is 11.6 Å². The molecule has 5 heteroatoms. The SMILES string of the molecule is CC(C)(C)OC(=O)N1C[C@@H]2C[C@H]1CN2c1ccc(Cl)cc1. The molecule has 0 unspecified atom stereocenters. The maximum atomic E-state index is 12.2. The Bertz CT molecular complexity index is 538. The Morgan fingerprint density at radius 3 is 2.38 bits per heavy atom. The summed E-state index contributed by atoms with van der Waals surface area (Å²) in [5.41, 5.74) is 0.741. The van der Waals surface area contributed by atoms with Gasteiger partial charge in [0.05, 0.1) is 6.04 Å². The van der Waals surface area contributed by atoms with E-state index in [0.717, 1.165) is 24.5 Å². The number of hydrogen-bond donors (Lipinski definition) is 0. The van der Waals surface area contributed by atoms with Crippen molar-refractivity contribution in [3.63, 3.8) is 0 Å². The molecule has 2 aliphatic rings. The number of fused-ring (bicyclic) bond motifs is 2. The fourth-order valence-electron chi connectivity index (χ4n) is 3.16. The predicted octanol–water partition coefficient (Wildman–Crippen LogP) is 3.54. The average Bonchev–Trinajstić information content (AvgIpc) is 2.97. The van der Waals surface area contributed by atoms with E-state index in [1.165, 1.54) is 5.69 Å². The first kappa shape index (κ1) is 14.5. The van der Waals surface area contributed by atoms with Gasteiger partial charge < -0.3 is 14.5 Å². The van der Waals surface area contributed by atoms with E-state index in [1.807, 2.05) is 49.9 Å². The van der Waals surface area contributed by atoms with Gasteiger partial charge >= 0.3 is 6.09 Å². The molecular formula is C16H21ClN2O2. The van der Waals surface area contributed by atoms with Gasteiger partial charge in [-0.15, -0.1) is 0 Å². The topological polar surface area (TPSA) is 32.8 Å². The minimum Gasteiger partial charge on any atom is -0.444 e. The van der Waals surface area contributed by atoms with Gasteiger partial charge in [-0.25, -0.2) is 4.79 Å². The van der Waals surface area contributed by atoms with E-state index >= 15 is 0 Å². The van der Waals surface area contributed by atoms with Crippen LogP contribution in [-0.4, -0.2) is 41.8 Å². The minimum absolute atomic E-state index is 0.189. The number of carbonyl (C=O) groups is 1. The number of amides is 1. The first-order valence-electron chi connectivity index (χ1n) is 7.35. The molecule has 1 amide bonds. The van der Waals surface area contributed by atoms with Crippen molar-refractivity contribution >= 4 is 23.4 Å². The second-order valence-electron chi connectivity index (χ2n) is 6.80. The molecule has 0 spiro atoms. The Morgan fingerprint density at radius 1 is 1.19 bits per heavy atom. The number of halogens is 1. The van der Waals surface area contributed by atoms with Crippen LogP contribution in [-0.2, 0) is 4.74 Å². The van der Waals surface area contributed by atoms with E-state index in [1.54, 1.807) is 0 Å². The number of piperazine rings is 1. The smallest absolute Gasteiger partial charge is 0.410 e. The van der Waals surface area contributed by atoms with E-state index in [0.29, 0.717) is 6.04 Å². The molecule has 0 N–H and O–H groups in total. The van der Waals surface area contributed by atoms with Crippen LogP contribution in [0, 0.1) is 0 Å². The Kier molecular flexibility index (Phi) is 3.52. The van der Waals surface area contributed by atoms with E-state index in [2.05, 4.69) is 4.90 Å². The number of hydrogen-bond acceptors (Lipinski definition) is 3. The number of anilines is 1. The molecule has 2 bridgehead atoms. The Hall–Kier alpha value is -1.42. The molecule has 2 aliphatic heterocycles. The summed E-state index contributed by atoms with van der Waals surface area (Å²) in [4.78, 5) is 16.4. The lowest BCUT2D eigenvalue weighted by atomic mass is 10.2. The monoisotopic (exact) mass is 308 g/mol. The van der Waals surface area contributed by atoms with Crippen LogP contribution in [0.5, 0.6) is 0 Å². The molecular weight excluding hydrogens is 288 g/mol. The molecule has 0 aliphatic carbocycles. The number of rotatable bonds is 1.